The first-order chi connectivity index (χ1) is 10.7. The molecule has 0 aliphatic carbocycles. The third-order valence-corrected chi connectivity index (χ3v) is 3.85. The molecule has 1 amide bonds. The molecular weight excluding hydrogens is 280 g/mol. The second-order valence-electron chi connectivity index (χ2n) is 5.42. The Kier molecular flexibility index (Phi) is 6.52. The number of rotatable bonds is 6. The summed E-state index contributed by atoms with van der Waals surface area (Å²) >= 11 is 0. The molecule has 0 saturated carbocycles. The molecule has 1 heterocycles. The van der Waals surface area contributed by atoms with Crippen LogP contribution in [0.2, 0.25) is 0 Å². The summed E-state index contributed by atoms with van der Waals surface area (Å²) in [5.41, 5.74) is 1.25. The van der Waals surface area contributed by atoms with Crippen molar-refractivity contribution in [1.29, 1.82) is 0 Å². The van der Waals surface area contributed by atoms with Gasteiger partial charge in [0.25, 0.3) is 0 Å². The van der Waals surface area contributed by atoms with Gasteiger partial charge in [-0.1, -0.05) is 12.1 Å². The van der Waals surface area contributed by atoms with E-state index in [-0.39, 0.29) is 6.09 Å². The van der Waals surface area contributed by atoms with Gasteiger partial charge in [0.1, 0.15) is 5.75 Å². The van der Waals surface area contributed by atoms with Crippen molar-refractivity contribution in [2.75, 3.05) is 26.3 Å². The van der Waals surface area contributed by atoms with Crippen LogP contribution in [0.1, 0.15) is 32.3 Å². The zero-order valence-corrected chi connectivity index (χ0v) is 13.5. The molecule has 1 fully saturated rings. The van der Waals surface area contributed by atoms with Gasteiger partial charge in [-0.3, -0.25) is 0 Å². The van der Waals surface area contributed by atoms with E-state index in [1.165, 1.54) is 5.56 Å². The maximum absolute atomic E-state index is 11.6. The molecule has 1 aromatic rings. The predicted molar refractivity (Wildman–Crippen MR) is 86.1 cm³/mol. The van der Waals surface area contributed by atoms with Crippen molar-refractivity contribution in [3.63, 3.8) is 0 Å². The van der Waals surface area contributed by atoms with Crippen LogP contribution in [0, 0.1) is 0 Å². The Bertz CT molecular complexity index is 453. The van der Waals surface area contributed by atoms with Crippen LogP contribution in [-0.2, 0) is 11.3 Å². The van der Waals surface area contributed by atoms with Crippen LogP contribution in [0.15, 0.2) is 24.3 Å². The lowest BCUT2D eigenvalue weighted by atomic mass is 10.0. The molecule has 1 aromatic carbocycles. The van der Waals surface area contributed by atoms with Gasteiger partial charge in [0.15, 0.2) is 0 Å². The van der Waals surface area contributed by atoms with E-state index in [1.54, 1.807) is 4.90 Å². The Hall–Kier alpha value is -1.75. The summed E-state index contributed by atoms with van der Waals surface area (Å²) in [5, 5.41) is 3.56. The number of piperidine rings is 1. The van der Waals surface area contributed by atoms with Crippen LogP contribution < -0.4 is 10.1 Å². The topological polar surface area (TPSA) is 50.8 Å². The molecule has 122 valence electrons. The average molecular weight is 306 g/mol. The van der Waals surface area contributed by atoms with Crippen LogP contribution in [0.25, 0.3) is 0 Å². The van der Waals surface area contributed by atoms with Crippen LogP contribution in [-0.4, -0.2) is 43.3 Å². The summed E-state index contributed by atoms with van der Waals surface area (Å²) in [5.74, 6) is 0.911. The first kappa shape index (κ1) is 16.6. The molecular formula is C17H26N2O3. The molecule has 0 radical (unpaired) electrons. The largest absolute Gasteiger partial charge is 0.494 e. The fourth-order valence-corrected chi connectivity index (χ4v) is 2.61. The summed E-state index contributed by atoms with van der Waals surface area (Å²) < 4.78 is 10.5. The first-order valence-corrected chi connectivity index (χ1v) is 8.09. The highest BCUT2D eigenvalue weighted by Crippen LogP contribution is 2.14. The summed E-state index contributed by atoms with van der Waals surface area (Å²) in [7, 11) is 0. The minimum atomic E-state index is -0.188. The number of hydrogen-bond donors (Lipinski definition) is 1. The molecule has 0 spiro atoms. The minimum absolute atomic E-state index is 0.188. The molecule has 1 aliphatic rings. The Balaban J connectivity index is 1.71. The normalized spacial score (nSPS) is 15.6. The molecule has 1 N–H and O–H groups in total. The van der Waals surface area contributed by atoms with Gasteiger partial charge in [-0.2, -0.15) is 0 Å². The minimum Gasteiger partial charge on any atom is -0.494 e. The Morgan fingerprint density at radius 1 is 1.18 bits per heavy atom. The Morgan fingerprint density at radius 2 is 1.86 bits per heavy atom. The quantitative estimate of drug-likeness (QED) is 0.878. The maximum atomic E-state index is 11.6. The molecule has 1 aliphatic heterocycles. The molecule has 5 heteroatoms. The van der Waals surface area contributed by atoms with E-state index in [1.807, 2.05) is 26.0 Å². The first-order valence-electron chi connectivity index (χ1n) is 8.09. The fourth-order valence-electron chi connectivity index (χ4n) is 2.61. The van der Waals surface area contributed by atoms with Gasteiger partial charge in [-0.25, -0.2) is 4.79 Å². The monoisotopic (exact) mass is 306 g/mol. The lowest BCUT2D eigenvalue weighted by molar-refractivity contribution is 0.0950. The number of ether oxygens (including phenoxy) is 2. The fraction of sp³-hybridized carbons (Fsp3) is 0.588. The third-order valence-electron chi connectivity index (χ3n) is 3.85. The number of nitrogens with zero attached hydrogens (tertiary/aromatic N) is 1. The van der Waals surface area contributed by atoms with Crippen LogP contribution >= 0.6 is 0 Å². The Morgan fingerprint density at radius 3 is 2.45 bits per heavy atom. The van der Waals surface area contributed by atoms with E-state index in [4.69, 9.17) is 9.47 Å². The highest BCUT2D eigenvalue weighted by Gasteiger charge is 2.22. The van der Waals surface area contributed by atoms with Gasteiger partial charge < -0.3 is 19.7 Å². The predicted octanol–water partition coefficient (Wildman–Crippen LogP) is 2.80. The lowest BCUT2D eigenvalue weighted by Gasteiger charge is -2.31. The second kappa shape index (κ2) is 8.63. The van der Waals surface area contributed by atoms with E-state index in [9.17, 15) is 4.79 Å². The van der Waals surface area contributed by atoms with Crippen molar-refractivity contribution in [3.05, 3.63) is 29.8 Å². The number of benzene rings is 1. The van der Waals surface area contributed by atoms with Gasteiger partial charge in [0.2, 0.25) is 0 Å². The molecule has 22 heavy (non-hydrogen) atoms. The van der Waals surface area contributed by atoms with Crippen LogP contribution in [0.4, 0.5) is 4.79 Å². The highest BCUT2D eigenvalue weighted by molar-refractivity contribution is 5.67. The summed E-state index contributed by atoms with van der Waals surface area (Å²) in [6, 6.07) is 8.64. The maximum Gasteiger partial charge on any atom is 0.409 e. The van der Waals surface area contributed by atoms with Crippen molar-refractivity contribution in [3.8, 4) is 5.75 Å². The van der Waals surface area contributed by atoms with Gasteiger partial charge >= 0.3 is 6.09 Å². The zero-order chi connectivity index (χ0) is 15.8. The van der Waals surface area contributed by atoms with Crippen LogP contribution in [0.3, 0.4) is 0 Å². The number of carbonyl (C=O) groups excluding carboxylic acids is 1. The number of carbonyl (C=O) groups is 1. The molecule has 1 saturated heterocycles. The number of likely N-dealkylation sites (tertiary alicyclic amines) is 1. The second-order valence-corrected chi connectivity index (χ2v) is 5.42. The van der Waals surface area contributed by atoms with Crippen molar-refractivity contribution in [1.82, 2.24) is 10.2 Å². The van der Waals surface area contributed by atoms with Crippen molar-refractivity contribution >= 4 is 6.09 Å². The molecule has 0 bridgehead atoms. The molecule has 5 nitrogen and oxygen atoms in total. The van der Waals surface area contributed by atoms with Gasteiger partial charge in [0.05, 0.1) is 13.2 Å². The standard InChI is InChI=1S/C17H26N2O3/c1-3-21-16-7-5-14(6-8-16)13-18-15-9-11-19(12-10-15)17(20)22-4-2/h5-8,15,18H,3-4,9-13H2,1-2H3. The van der Waals surface area contributed by atoms with E-state index in [0.717, 1.165) is 38.2 Å². The average Bonchev–Trinajstić information content (AvgIpc) is 2.55. The Labute approximate surface area is 132 Å². The highest BCUT2D eigenvalue weighted by atomic mass is 16.6. The number of hydrogen-bond acceptors (Lipinski definition) is 4. The van der Waals surface area contributed by atoms with Gasteiger partial charge in [-0.05, 0) is 44.4 Å². The SMILES string of the molecule is CCOC(=O)N1CCC(NCc2ccc(OCC)cc2)CC1. The number of nitrogens with one attached hydrogen (secondary N) is 1. The van der Waals surface area contributed by atoms with E-state index >= 15 is 0 Å². The molecule has 0 unspecified atom stereocenters. The number of amides is 1. The molecule has 2 rings (SSSR count). The van der Waals surface area contributed by atoms with E-state index < -0.39 is 0 Å². The van der Waals surface area contributed by atoms with Gasteiger partial charge in [-0.15, -0.1) is 0 Å². The van der Waals surface area contributed by atoms with Crippen molar-refractivity contribution in [2.24, 2.45) is 0 Å². The molecule has 0 atom stereocenters. The molecule has 0 aromatic heterocycles. The third kappa shape index (κ3) is 4.91. The smallest absolute Gasteiger partial charge is 0.409 e. The van der Waals surface area contributed by atoms with E-state index in [2.05, 4.69) is 17.4 Å². The summed E-state index contributed by atoms with van der Waals surface area (Å²) in [4.78, 5) is 13.4. The van der Waals surface area contributed by atoms with Crippen molar-refractivity contribution < 1.29 is 14.3 Å². The van der Waals surface area contributed by atoms with Crippen LogP contribution in [0.5, 0.6) is 5.75 Å². The summed E-state index contributed by atoms with van der Waals surface area (Å²) in [6.07, 6.45) is 1.75. The summed E-state index contributed by atoms with van der Waals surface area (Å²) in [6.45, 7) is 7.32. The van der Waals surface area contributed by atoms with Crippen molar-refractivity contribution in [2.45, 2.75) is 39.3 Å². The zero-order valence-electron chi connectivity index (χ0n) is 13.5. The van der Waals surface area contributed by atoms with Gasteiger partial charge in [0, 0.05) is 25.7 Å². The lowest BCUT2D eigenvalue weighted by Crippen LogP contribution is -2.44. The van der Waals surface area contributed by atoms with E-state index in [0.29, 0.717) is 19.3 Å².